The number of carbonyl (C=O) groups excluding carboxylic acids is 1. The summed E-state index contributed by atoms with van der Waals surface area (Å²) in [6.07, 6.45) is 0.913. The molecule has 4 atom stereocenters. The molecule has 1 N–H and O–H groups in total. The summed E-state index contributed by atoms with van der Waals surface area (Å²) in [5, 5.41) is 2.60. The Bertz CT molecular complexity index is 977. The van der Waals surface area contributed by atoms with Crippen LogP contribution in [-0.4, -0.2) is 37.8 Å². The molecule has 1 aromatic rings. The van der Waals surface area contributed by atoms with Gasteiger partial charge < -0.3 is 5.32 Å². The molecule has 0 radical (unpaired) electrons. The van der Waals surface area contributed by atoms with Crippen LogP contribution in [0.15, 0.2) is 23.1 Å². The van der Waals surface area contributed by atoms with Gasteiger partial charge in [0, 0.05) is 25.0 Å². The molecule has 4 rings (SSSR count). The van der Waals surface area contributed by atoms with Crippen molar-refractivity contribution < 1.29 is 26.4 Å². The molecular formula is C22H28ClF3N2O3S. The summed E-state index contributed by atoms with van der Waals surface area (Å²) >= 11 is 5.61. The van der Waals surface area contributed by atoms with Crippen molar-refractivity contribution in [3.8, 4) is 0 Å². The Labute approximate surface area is 191 Å². The summed E-state index contributed by atoms with van der Waals surface area (Å²) in [6, 6.07) is 2.72. The fraction of sp³-hybridized carbons (Fsp3) is 0.682. The van der Waals surface area contributed by atoms with E-state index in [1.807, 2.05) is 0 Å². The molecule has 1 saturated heterocycles. The number of alkyl halides is 3. The van der Waals surface area contributed by atoms with Gasteiger partial charge in [0.1, 0.15) is 0 Å². The van der Waals surface area contributed by atoms with Crippen LogP contribution >= 0.6 is 11.6 Å². The van der Waals surface area contributed by atoms with Crippen LogP contribution in [0.25, 0.3) is 0 Å². The molecule has 5 nitrogen and oxygen atoms in total. The molecule has 2 saturated carbocycles. The molecule has 4 unspecified atom stereocenters. The lowest BCUT2D eigenvalue weighted by molar-refractivity contribution is -0.137. The molecule has 1 aromatic carbocycles. The Morgan fingerprint density at radius 1 is 1.16 bits per heavy atom. The lowest BCUT2D eigenvalue weighted by atomic mass is 9.83. The fourth-order valence-corrected chi connectivity index (χ4v) is 7.47. The number of halogens is 4. The van der Waals surface area contributed by atoms with Gasteiger partial charge in [-0.05, 0) is 75.0 Å². The highest BCUT2D eigenvalue weighted by Crippen LogP contribution is 2.49. The maximum atomic E-state index is 13.1. The third-order valence-corrected chi connectivity index (χ3v) is 9.73. The summed E-state index contributed by atoms with van der Waals surface area (Å²) in [6.45, 7) is 2.24. The summed E-state index contributed by atoms with van der Waals surface area (Å²) in [4.78, 5) is 12.3. The first kappa shape index (κ1) is 23.8. The van der Waals surface area contributed by atoms with Gasteiger partial charge in [-0.25, -0.2) is 8.42 Å². The van der Waals surface area contributed by atoms with Crippen LogP contribution in [0.2, 0.25) is 5.02 Å². The van der Waals surface area contributed by atoms with E-state index in [9.17, 15) is 26.4 Å². The van der Waals surface area contributed by atoms with Crippen LogP contribution in [-0.2, 0) is 21.0 Å². The van der Waals surface area contributed by atoms with E-state index in [1.165, 1.54) is 25.7 Å². The van der Waals surface area contributed by atoms with E-state index in [0.717, 1.165) is 22.4 Å². The maximum absolute atomic E-state index is 13.1. The number of piperidine rings is 1. The minimum atomic E-state index is -4.75. The number of nitrogens with zero attached hydrogens (tertiary/aromatic N) is 1. The van der Waals surface area contributed by atoms with Crippen LogP contribution in [0.5, 0.6) is 0 Å². The fourth-order valence-electron chi connectivity index (χ4n) is 5.75. The second kappa shape index (κ2) is 8.80. The van der Waals surface area contributed by atoms with Crippen molar-refractivity contribution in [3.05, 3.63) is 28.8 Å². The normalized spacial score (nSPS) is 28.1. The van der Waals surface area contributed by atoms with Crippen molar-refractivity contribution >= 4 is 27.5 Å². The molecule has 3 aliphatic rings. The Morgan fingerprint density at radius 3 is 2.41 bits per heavy atom. The topological polar surface area (TPSA) is 66.5 Å². The Hall–Kier alpha value is -1.32. The van der Waals surface area contributed by atoms with Gasteiger partial charge in [0.05, 0.1) is 15.5 Å². The van der Waals surface area contributed by atoms with E-state index in [0.29, 0.717) is 30.7 Å². The third kappa shape index (κ3) is 4.66. The smallest absolute Gasteiger partial charge is 0.353 e. The Balaban J connectivity index is 1.36. The van der Waals surface area contributed by atoms with Crippen LogP contribution in [0.4, 0.5) is 13.2 Å². The molecule has 1 aliphatic heterocycles. The van der Waals surface area contributed by atoms with Crippen LogP contribution < -0.4 is 5.32 Å². The molecule has 1 heterocycles. The highest BCUT2D eigenvalue weighted by atomic mass is 35.5. The van der Waals surface area contributed by atoms with Gasteiger partial charge in [-0.2, -0.15) is 17.5 Å². The zero-order valence-electron chi connectivity index (χ0n) is 17.9. The highest BCUT2D eigenvalue weighted by molar-refractivity contribution is 7.89. The maximum Gasteiger partial charge on any atom is 0.417 e. The SMILES string of the molecule is CC(NC(=O)C1CCN(S(=O)(=O)c2ccc(Cl)c(C(F)(F)F)c2)CC1)C1CC2CCC1C2. The highest BCUT2D eigenvalue weighted by Gasteiger charge is 2.43. The minimum Gasteiger partial charge on any atom is -0.353 e. The summed E-state index contributed by atoms with van der Waals surface area (Å²) in [5.41, 5.74) is -1.18. The number of rotatable bonds is 5. The lowest BCUT2D eigenvalue weighted by Gasteiger charge is -2.33. The summed E-state index contributed by atoms with van der Waals surface area (Å²) < 4.78 is 66.3. The van der Waals surface area contributed by atoms with E-state index in [4.69, 9.17) is 11.6 Å². The molecule has 2 aliphatic carbocycles. The van der Waals surface area contributed by atoms with Gasteiger partial charge in [-0.1, -0.05) is 18.0 Å². The molecule has 2 bridgehead atoms. The number of hydrogen-bond acceptors (Lipinski definition) is 3. The molecule has 3 fully saturated rings. The number of nitrogens with one attached hydrogen (secondary N) is 1. The largest absolute Gasteiger partial charge is 0.417 e. The number of amides is 1. The number of hydrogen-bond donors (Lipinski definition) is 1. The zero-order chi connectivity index (χ0) is 23.3. The predicted molar refractivity (Wildman–Crippen MR) is 114 cm³/mol. The average molecular weight is 493 g/mol. The van der Waals surface area contributed by atoms with Crippen LogP contribution in [0, 0.1) is 23.7 Å². The number of sulfonamides is 1. The number of benzene rings is 1. The van der Waals surface area contributed by atoms with Crippen molar-refractivity contribution in [3.63, 3.8) is 0 Å². The van der Waals surface area contributed by atoms with Crippen molar-refractivity contribution in [2.75, 3.05) is 13.1 Å². The monoisotopic (exact) mass is 492 g/mol. The van der Waals surface area contributed by atoms with Crippen LogP contribution in [0.3, 0.4) is 0 Å². The second-order valence-corrected chi connectivity index (χ2v) is 11.8. The molecular weight excluding hydrogens is 465 g/mol. The van der Waals surface area contributed by atoms with Gasteiger partial charge in [-0.3, -0.25) is 4.79 Å². The van der Waals surface area contributed by atoms with Gasteiger partial charge in [0.25, 0.3) is 0 Å². The lowest BCUT2D eigenvalue weighted by Crippen LogP contribution is -2.47. The van der Waals surface area contributed by atoms with Gasteiger partial charge in [-0.15, -0.1) is 0 Å². The number of fused-ring (bicyclic) bond motifs is 2. The second-order valence-electron chi connectivity index (χ2n) is 9.45. The molecule has 10 heteroatoms. The molecule has 0 aromatic heterocycles. The molecule has 0 spiro atoms. The number of carbonyl (C=O) groups is 1. The van der Waals surface area contributed by atoms with Crippen molar-refractivity contribution in [1.82, 2.24) is 9.62 Å². The Morgan fingerprint density at radius 2 is 1.84 bits per heavy atom. The molecule has 178 valence electrons. The first-order valence-corrected chi connectivity index (χ1v) is 13.0. The minimum absolute atomic E-state index is 0.0526. The predicted octanol–water partition coefficient (Wildman–Crippen LogP) is 4.70. The van der Waals surface area contributed by atoms with Crippen molar-refractivity contribution in [2.24, 2.45) is 23.7 Å². The first-order chi connectivity index (χ1) is 15.0. The van der Waals surface area contributed by atoms with Crippen molar-refractivity contribution in [2.45, 2.75) is 62.6 Å². The van der Waals surface area contributed by atoms with Crippen molar-refractivity contribution in [1.29, 1.82) is 0 Å². The van der Waals surface area contributed by atoms with Gasteiger partial charge in [0.2, 0.25) is 15.9 Å². The van der Waals surface area contributed by atoms with E-state index >= 15 is 0 Å². The average Bonchev–Trinajstić information content (AvgIpc) is 3.37. The quantitative estimate of drug-likeness (QED) is 0.648. The molecule has 1 amide bonds. The van der Waals surface area contributed by atoms with Gasteiger partial charge >= 0.3 is 6.18 Å². The van der Waals surface area contributed by atoms with E-state index < -0.39 is 31.7 Å². The van der Waals surface area contributed by atoms with E-state index in [-0.39, 0.29) is 31.0 Å². The summed E-state index contributed by atoms with van der Waals surface area (Å²) in [7, 11) is -4.11. The first-order valence-electron chi connectivity index (χ1n) is 11.1. The van der Waals surface area contributed by atoms with Crippen LogP contribution in [0.1, 0.15) is 51.0 Å². The zero-order valence-corrected chi connectivity index (χ0v) is 19.4. The van der Waals surface area contributed by atoms with E-state index in [1.54, 1.807) is 0 Å². The third-order valence-electron chi connectivity index (χ3n) is 7.51. The Kier molecular flexibility index (Phi) is 6.55. The molecule has 32 heavy (non-hydrogen) atoms. The standard InChI is InChI=1S/C22H28ClF3N2O3S/c1-13(18-11-14-2-3-16(18)10-14)27-21(29)15-6-8-28(9-7-15)32(30,31)17-4-5-20(23)19(12-17)22(24,25)26/h4-5,12-16,18H,2-3,6-11H2,1H3,(H,27,29). The van der Waals surface area contributed by atoms with Gasteiger partial charge in [0.15, 0.2) is 0 Å². The van der Waals surface area contributed by atoms with E-state index in [2.05, 4.69) is 12.2 Å². The summed E-state index contributed by atoms with van der Waals surface area (Å²) in [5.74, 6) is 1.67.